The molecule has 3 rings (SSSR count). The molecule has 27 heavy (non-hydrogen) atoms. The maximum atomic E-state index is 11.3. The lowest BCUT2D eigenvalue weighted by Crippen LogP contribution is -2.11. The molecule has 3 aromatic rings. The van der Waals surface area contributed by atoms with Gasteiger partial charge in [-0.05, 0) is 36.4 Å². The fourth-order valence-electron chi connectivity index (χ4n) is 2.42. The molecular formula is C18H16N6O2S. The first-order valence-corrected chi connectivity index (χ1v) is 9.40. The zero-order valence-electron chi connectivity index (χ0n) is 14.3. The number of nitrogens with one attached hydrogen (secondary N) is 2. The van der Waals surface area contributed by atoms with E-state index in [4.69, 9.17) is 5.14 Å². The normalized spacial score (nSPS) is 10.9. The van der Waals surface area contributed by atoms with E-state index < -0.39 is 10.0 Å². The lowest BCUT2D eigenvalue weighted by molar-refractivity contribution is 0.598. The van der Waals surface area contributed by atoms with E-state index in [1.165, 1.54) is 18.3 Å². The molecule has 0 amide bonds. The molecule has 9 heteroatoms. The van der Waals surface area contributed by atoms with E-state index >= 15 is 0 Å². The minimum atomic E-state index is -3.75. The summed E-state index contributed by atoms with van der Waals surface area (Å²) >= 11 is 0. The molecule has 0 unspecified atom stereocenters. The first-order valence-electron chi connectivity index (χ1n) is 7.86. The fourth-order valence-corrected chi connectivity index (χ4v) is 2.94. The Morgan fingerprint density at radius 3 is 2.48 bits per heavy atom. The molecule has 0 radical (unpaired) electrons. The second-order valence-corrected chi connectivity index (χ2v) is 7.15. The second-order valence-electron chi connectivity index (χ2n) is 5.59. The third-order valence-corrected chi connectivity index (χ3v) is 4.70. The van der Waals surface area contributed by atoms with Gasteiger partial charge in [-0.15, -0.1) is 0 Å². The lowest BCUT2D eigenvalue weighted by atomic mass is 10.1. The topological polar surface area (TPSA) is 134 Å². The molecule has 0 bridgehead atoms. The number of benzene rings is 2. The van der Waals surface area contributed by atoms with Gasteiger partial charge in [0.1, 0.15) is 6.07 Å². The molecular weight excluding hydrogens is 364 g/mol. The number of anilines is 3. The number of nitrogens with zero attached hydrogens (tertiary/aromatic N) is 3. The predicted octanol–water partition coefficient (Wildman–Crippen LogP) is 2.45. The molecule has 0 fully saturated rings. The van der Waals surface area contributed by atoms with Gasteiger partial charge < -0.3 is 10.6 Å². The van der Waals surface area contributed by atoms with Crippen LogP contribution < -0.4 is 15.8 Å². The number of aromatic nitrogens is 2. The Bertz CT molecular complexity index is 1120. The zero-order valence-corrected chi connectivity index (χ0v) is 15.2. The number of sulfonamides is 1. The molecule has 0 spiro atoms. The van der Waals surface area contributed by atoms with Crippen molar-refractivity contribution in [3.8, 4) is 17.3 Å². The molecule has 0 aliphatic heterocycles. The zero-order chi connectivity index (χ0) is 19.4. The Hall–Kier alpha value is -3.48. The third kappa shape index (κ3) is 4.20. The van der Waals surface area contributed by atoms with E-state index in [1.807, 2.05) is 31.3 Å². The highest BCUT2D eigenvalue weighted by Gasteiger charge is 2.11. The van der Waals surface area contributed by atoms with Gasteiger partial charge in [0.25, 0.3) is 0 Å². The van der Waals surface area contributed by atoms with E-state index in [0.29, 0.717) is 16.9 Å². The molecule has 8 nitrogen and oxygen atoms in total. The Morgan fingerprint density at radius 1 is 1.11 bits per heavy atom. The van der Waals surface area contributed by atoms with Crippen LogP contribution in [0.5, 0.6) is 0 Å². The quantitative estimate of drug-likeness (QED) is 0.619. The van der Waals surface area contributed by atoms with Crippen molar-refractivity contribution in [1.29, 1.82) is 5.26 Å². The maximum absolute atomic E-state index is 11.3. The average molecular weight is 380 g/mol. The number of rotatable bonds is 5. The number of hydrogen-bond acceptors (Lipinski definition) is 7. The van der Waals surface area contributed by atoms with Crippen molar-refractivity contribution in [2.75, 3.05) is 17.7 Å². The predicted molar refractivity (Wildman–Crippen MR) is 103 cm³/mol. The summed E-state index contributed by atoms with van der Waals surface area (Å²) in [7, 11) is -1.94. The van der Waals surface area contributed by atoms with Crippen LogP contribution in [0, 0.1) is 11.3 Å². The van der Waals surface area contributed by atoms with Gasteiger partial charge in [-0.3, -0.25) is 0 Å². The minimum absolute atomic E-state index is 0.0124. The van der Waals surface area contributed by atoms with Gasteiger partial charge in [-0.25, -0.2) is 23.5 Å². The van der Waals surface area contributed by atoms with E-state index in [2.05, 4.69) is 26.7 Å². The molecule has 136 valence electrons. The Kier molecular flexibility index (Phi) is 5.03. The molecule has 4 N–H and O–H groups in total. The summed E-state index contributed by atoms with van der Waals surface area (Å²) in [5.74, 6) is 0.280. The van der Waals surface area contributed by atoms with Crippen LogP contribution in [-0.2, 0) is 10.0 Å². The SMILES string of the molecule is CNc1cccc(-c2nc(Nc3ccc(S(N)(=O)=O)cc3)ncc2C#N)c1. The van der Waals surface area contributed by atoms with Gasteiger partial charge >= 0.3 is 0 Å². The minimum Gasteiger partial charge on any atom is -0.388 e. The maximum Gasteiger partial charge on any atom is 0.238 e. The highest BCUT2D eigenvalue weighted by Crippen LogP contribution is 2.25. The lowest BCUT2D eigenvalue weighted by Gasteiger charge is -2.10. The number of nitriles is 1. The Morgan fingerprint density at radius 2 is 1.85 bits per heavy atom. The summed E-state index contributed by atoms with van der Waals surface area (Å²) in [6.45, 7) is 0. The molecule has 0 saturated heterocycles. The average Bonchev–Trinajstić information content (AvgIpc) is 2.67. The van der Waals surface area contributed by atoms with Crippen molar-refractivity contribution in [3.63, 3.8) is 0 Å². The smallest absolute Gasteiger partial charge is 0.238 e. The summed E-state index contributed by atoms with van der Waals surface area (Å²) in [6.07, 6.45) is 1.44. The largest absolute Gasteiger partial charge is 0.388 e. The van der Waals surface area contributed by atoms with Crippen LogP contribution in [0.3, 0.4) is 0 Å². The summed E-state index contributed by atoms with van der Waals surface area (Å²) < 4.78 is 22.6. The first kappa shape index (κ1) is 18.3. The highest BCUT2D eigenvalue weighted by atomic mass is 32.2. The van der Waals surface area contributed by atoms with E-state index in [-0.39, 0.29) is 10.8 Å². The van der Waals surface area contributed by atoms with Crippen molar-refractivity contribution in [3.05, 3.63) is 60.3 Å². The number of hydrogen-bond donors (Lipinski definition) is 3. The standard InChI is InChI=1S/C18H16N6O2S/c1-21-15-4-2-3-12(9-15)17-13(10-19)11-22-18(24-17)23-14-5-7-16(8-6-14)27(20,25)26/h2-9,11,21H,1H3,(H2,20,25,26)(H,22,23,24). The van der Waals surface area contributed by atoms with Gasteiger partial charge in [0.05, 0.1) is 22.3 Å². The van der Waals surface area contributed by atoms with Crippen LogP contribution in [0.4, 0.5) is 17.3 Å². The van der Waals surface area contributed by atoms with Crippen LogP contribution in [0.25, 0.3) is 11.3 Å². The highest BCUT2D eigenvalue weighted by molar-refractivity contribution is 7.89. The van der Waals surface area contributed by atoms with E-state index in [1.54, 1.807) is 12.1 Å². The van der Waals surface area contributed by atoms with Crippen molar-refractivity contribution < 1.29 is 8.42 Å². The molecule has 0 saturated carbocycles. The first-order chi connectivity index (χ1) is 12.9. The van der Waals surface area contributed by atoms with Crippen LogP contribution in [0.1, 0.15) is 5.56 Å². The van der Waals surface area contributed by atoms with Crippen LogP contribution in [0.2, 0.25) is 0 Å². The fraction of sp³-hybridized carbons (Fsp3) is 0.0556. The molecule has 1 aromatic heterocycles. The third-order valence-electron chi connectivity index (χ3n) is 3.77. The van der Waals surface area contributed by atoms with Gasteiger partial charge in [0, 0.05) is 24.0 Å². The van der Waals surface area contributed by atoms with Crippen LogP contribution in [-0.4, -0.2) is 25.4 Å². The molecule has 1 heterocycles. The summed E-state index contributed by atoms with van der Waals surface area (Å²) in [5.41, 5.74) is 3.09. The molecule has 0 aliphatic carbocycles. The number of primary sulfonamides is 1. The van der Waals surface area contributed by atoms with Gasteiger partial charge in [0.15, 0.2) is 0 Å². The van der Waals surface area contributed by atoms with Crippen molar-refractivity contribution in [2.45, 2.75) is 4.90 Å². The van der Waals surface area contributed by atoms with Gasteiger partial charge in [-0.2, -0.15) is 5.26 Å². The van der Waals surface area contributed by atoms with Gasteiger partial charge in [0.2, 0.25) is 16.0 Å². The van der Waals surface area contributed by atoms with Gasteiger partial charge in [-0.1, -0.05) is 12.1 Å². The molecule has 0 aliphatic rings. The second kappa shape index (κ2) is 7.41. The van der Waals surface area contributed by atoms with E-state index in [0.717, 1.165) is 11.3 Å². The summed E-state index contributed by atoms with van der Waals surface area (Å²) in [4.78, 5) is 8.59. The summed E-state index contributed by atoms with van der Waals surface area (Å²) in [5, 5.41) is 20.5. The molecule has 2 aromatic carbocycles. The van der Waals surface area contributed by atoms with Crippen LogP contribution >= 0.6 is 0 Å². The summed E-state index contributed by atoms with van der Waals surface area (Å²) in [6, 6.07) is 15.5. The Balaban J connectivity index is 1.95. The Labute approximate surface area is 156 Å². The van der Waals surface area contributed by atoms with E-state index in [9.17, 15) is 13.7 Å². The van der Waals surface area contributed by atoms with Crippen molar-refractivity contribution >= 4 is 27.3 Å². The van der Waals surface area contributed by atoms with Crippen LogP contribution in [0.15, 0.2) is 59.6 Å². The number of nitrogens with two attached hydrogens (primary N) is 1. The van der Waals surface area contributed by atoms with Crippen molar-refractivity contribution in [2.24, 2.45) is 5.14 Å². The van der Waals surface area contributed by atoms with Crippen molar-refractivity contribution in [1.82, 2.24) is 9.97 Å². The molecule has 0 atom stereocenters. The monoisotopic (exact) mass is 380 g/mol.